The first kappa shape index (κ1) is 41.3. The van der Waals surface area contributed by atoms with E-state index in [1.165, 1.54) is 6.07 Å². The van der Waals surface area contributed by atoms with Crippen LogP contribution < -0.4 is 21.4 Å². The number of amides is 2. The van der Waals surface area contributed by atoms with Crippen molar-refractivity contribution in [3.8, 4) is 0 Å². The number of anilines is 2. The Morgan fingerprint density at radius 2 is 1.65 bits per heavy atom. The number of hydrogen-bond donors (Lipinski definition) is 3. The predicted octanol–water partition coefficient (Wildman–Crippen LogP) is 5.56. The molecular weight excluding hydrogens is 741 g/mol. The van der Waals surface area contributed by atoms with E-state index in [1.807, 2.05) is 18.3 Å². The highest BCUT2D eigenvalue weighted by Crippen LogP contribution is 2.35. The number of rotatable bonds is 19. The van der Waals surface area contributed by atoms with Gasteiger partial charge in [0.15, 0.2) is 0 Å². The molecule has 13 nitrogen and oxygen atoms in total. The fraction of sp³-hybridized carbons (Fsp3) is 0.395. The van der Waals surface area contributed by atoms with Gasteiger partial charge in [0, 0.05) is 43.5 Å². The molecule has 0 saturated carbocycles. The van der Waals surface area contributed by atoms with Crippen molar-refractivity contribution < 1.29 is 37.0 Å². The Morgan fingerprint density at radius 1 is 0.909 bits per heavy atom. The second-order valence-corrected chi connectivity index (χ2v) is 13.1. The van der Waals surface area contributed by atoms with Crippen LogP contribution >= 0.6 is 11.6 Å². The Kier molecular flexibility index (Phi) is 15.6. The second-order valence-electron chi connectivity index (χ2n) is 12.7. The van der Waals surface area contributed by atoms with Crippen molar-refractivity contribution in [2.75, 3.05) is 69.5 Å². The van der Waals surface area contributed by atoms with Crippen molar-refractivity contribution in [2.24, 2.45) is 10.8 Å². The number of hydrazone groups is 1. The van der Waals surface area contributed by atoms with E-state index in [4.69, 9.17) is 31.5 Å². The largest absolute Gasteiger partial charge is 0.417 e. The quantitative estimate of drug-likeness (QED) is 0.0630. The van der Waals surface area contributed by atoms with E-state index in [0.717, 1.165) is 67.6 Å². The van der Waals surface area contributed by atoms with Gasteiger partial charge >= 0.3 is 6.18 Å². The van der Waals surface area contributed by atoms with Crippen molar-refractivity contribution >= 4 is 41.0 Å². The Hall–Kier alpha value is -4.87. The van der Waals surface area contributed by atoms with E-state index in [9.17, 15) is 22.8 Å². The molecule has 0 atom stereocenters. The highest BCUT2D eigenvalue weighted by Gasteiger charge is 2.33. The van der Waals surface area contributed by atoms with Gasteiger partial charge in [0.05, 0.1) is 79.9 Å². The van der Waals surface area contributed by atoms with Crippen LogP contribution in [0.25, 0.3) is 0 Å². The molecule has 17 heteroatoms. The molecule has 55 heavy (non-hydrogen) atoms. The van der Waals surface area contributed by atoms with Gasteiger partial charge in [0.1, 0.15) is 0 Å². The zero-order chi connectivity index (χ0) is 39.0. The highest BCUT2D eigenvalue weighted by molar-refractivity contribution is 6.31. The number of aromatic nitrogens is 3. The predicted molar refractivity (Wildman–Crippen MR) is 203 cm³/mol. The van der Waals surface area contributed by atoms with Crippen molar-refractivity contribution in [3.63, 3.8) is 0 Å². The summed E-state index contributed by atoms with van der Waals surface area (Å²) in [7, 11) is 0. The molecule has 0 unspecified atom stereocenters. The minimum Gasteiger partial charge on any atom is -0.379 e. The number of piperidine rings is 1. The smallest absolute Gasteiger partial charge is 0.379 e. The van der Waals surface area contributed by atoms with Crippen LogP contribution in [0, 0.1) is 0 Å². The number of nitrogens with zero attached hydrogens (tertiary/aromatic N) is 5. The average molecular weight is 785 g/mol. The average Bonchev–Trinajstić information content (AvgIpc) is 3.63. The summed E-state index contributed by atoms with van der Waals surface area (Å²) in [4.78, 5) is 29.2. The van der Waals surface area contributed by atoms with Crippen molar-refractivity contribution in [1.82, 2.24) is 20.4 Å². The van der Waals surface area contributed by atoms with Gasteiger partial charge in [-0.25, -0.2) is 10.1 Å². The lowest BCUT2D eigenvalue weighted by Gasteiger charge is -2.29. The Balaban J connectivity index is 1.20. The zero-order valence-electron chi connectivity index (χ0n) is 30.2. The molecule has 5 rings (SSSR count). The number of nitrogens with two attached hydrogens (primary N) is 1. The minimum absolute atomic E-state index is 0.0852. The summed E-state index contributed by atoms with van der Waals surface area (Å²) >= 11 is 5.72. The molecule has 0 aliphatic carbocycles. The molecule has 2 heterocycles. The summed E-state index contributed by atoms with van der Waals surface area (Å²) in [5.74, 6) is -1.11. The summed E-state index contributed by atoms with van der Waals surface area (Å²) in [6, 6.07) is 15.5. The number of alkyl halides is 3. The van der Waals surface area contributed by atoms with Crippen molar-refractivity contribution in [2.45, 2.75) is 38.4 Å². The van der Waals surface area contributed by atoms with E-state index < -0.39 is 28.6 Å². The molecule has 0 spiro atoms. The highest BCUT2D eigenvalue weighted by atomic mass is 35.5. The topological polar surface area (TPSA) is 158 Å². The van der Waals surface area contributed by atoms with Crippen LogP contribution in [-0.2, 0) is 33.4 Å². The van der Waals surface area contributed by atoms with E-state index in [2.05, 4.69) is 31.1 Å². The van der Waals surface area contributed by atoms with Gasteiger partial charge in [-0.15, -0.1) is 5.10 Å². The number of benzene rings is 3. The zero-order valence-corrected chi connectivity index (χ0v) is 31.0. The lowest BCUT2D eigenvalue weighted by Crippen LogP contribution is -2.30. The van der Waals surface area contributed by atoms with Crippen LogP contribution in [-0.4, -0.2) is 92.3 Å². The van der Waals surface area contributed by atoms with Gasteiger partial charge in [-0.3, -0.25) is 9.59 Å². The van der Waals surface area contributed by atoms with Gasteiger partial charge in [-0.2, -0.15) is 18.3 Å². The molecular formula is C38H44ClF3N8O5. The summed E-state index contributed by atoms with van der Waals surface area (Å²) in [6.45, 7) is 5.32. The third kappa shape index (κ3) is 12.9. The summed E-state index contributed by atoms with van der Waals surface area (Å²) < 4.78 is 58.0. The van der Waals surface area contributed by atoms with Gasteiger partial charge in [-0.1, -0.05) is 35.0 Å². The number of ether oxygens (including phenoxy) is 3. The normalized spacial score (nSPS) is 13.4. The van der Waals surface area contributed by atoms with Crippen LogP contribution in [0.4, 0.5) is 24.5 Å². The number of nitrogens with one attached hydrogen (secondary N) is 2. The molecule has 4 N–H and O–H groups in total. The lowest BCUT2D eigenvalue weighted by atomic mass is 10.1. The fourth-order valence-corrected chi connectivity index (χ4v) is 5.99. The Morgan fingerprint density at radius 3 is 2.40 bits per heavy atom. The molecule has 1 fully saturated rings. The molecule has 0 radical (unpaired) electrons. The van der Waals surface area contributed by atoms with E-state index >= 15 is 0 Å². The first-order chi connectivity index (χ1) is 26.6. The molecule has 2 amide bonds. The van der Waals surface area contributed by atoms with Gasteiger partial charge in [-0.05, 0) is 72.9 Å². The van der Waals surface area contributed by atoms with Gasteiger partial charge in [0.2, 0.25) is 0 Å². The number of carbonyl (C=O) groups is 2. The van der Waals surface area contributed by atoms with E-state index in [0.29, 0.717) is 64.7 Å². The van der Waals surface area contributed by atoms with E-state index in [-0.39, 0.29) is 16.8 Å². The minimum atomic E-state index is -4.65. The maximum Gasteiger partial charge on any atom is 0.417 e. The third-order valence-electron chi connectivity index (χ3n) is 8.52. The number of hydrogen-bond acceptors (Lipinski definition) is 10. The molecule has 1 aromatic heterocycles. The first-order valence-electron chi connectivity index (χ1n) is 17.9. The molecule has 3 aromatic carbocycles. The van der Waals surface area contributed by atoms with Gasteiger partial charge < -0.3 is 30.2 Å². The fourth-order valence-electron chi connectivity index (χ4n) is 5.77. The van der Waals surface area contributed by atoms with Crippen LogP contribution in [0.1, 0.15) is 62.4 Å². The summed E-state index contributed by atoms with van der Waals surface area (Å²) in [5.41, 5.74) is 9.91. The monoisotopic (exact) mass is 784 g/mol. The lowest BCUT2D eigenvalue weighted by molar-refractivity contribution is -0.137. The SMILES string of the molecule is NCCOCCOCCOCCc1cn(Cc2cccc(C(=O)Nc3ccc(N4CCCCC4)cc3C(=O)N/N=C/c3ccc(Cl)c(C(F)(F)F)c3)c2)nn1. The maximum absolute atomic E-state index is 13.5. The van der Waals surface area contributed by atoms with E-state index in [1.54, 1.807) is 35.0 Å². The molecule has 4 aromatic rings. The number of carbonyl (C=O) groups excluding carboxylic acids is 2. The molecule has 294 valence electrons. The molecule has 1 aliphatic heterocycles. The van der Waals surface area contributed by atoms with Crippen molar-refractivity contribution in [3.05, 3.63) is 105 Å². The summed E-state index contributed by atoms with van der Waals surface area (Å²) in [6.07, 6.45) is 1.96. The second kappa shape index (κ2) is 20.7. The first-order valence-corrected chi connectivity index (χ1v) is 18.3. The van der Waals surface area contributed by atoms with Gasteiger partial charge in [0.25, 0.3) is 11.8 Å². The van der Waals surface area contributed by atoms with Crippen molar-refractivity contribution in [1.29, 1.82) is 0 Å². The summed E-state index contributed by atoms with van der Waals surface area (Å²) in [5, 5.41) is 14.7. The molecule has 1 aliphatic rings. The molecule has 1 saturated heterocycles. The van der Waals surface area contributed by atoms with Crippen LogP contribution in [0.2, 0.25) is 5.02 Å². The standard InChI is InChI=1S/C38H44ClF3N8O5/c39-34-9-7-27(22-33(34)38(40,41)42)24-44-47-37(52)32-23-31(49-13-2-1-3-14-49)8-10-35(32)45-36(51)29-6-4-5-28(21-29)25-50-26-30(46-48-50)11-15-53-17-19-55-20-18-54-16-12-43/h4-10,21-24,26H,1-3,11-20,25,43H2,(H,45,51)(H,47,52)/b44-24+. The third-order valence-corrected chi connectivity index (χ3v) is 8.85. The van der Waals surface area contributed by atoms with Crippen LogP contribution in [0.5, 0.6) is 0 Å². The number of halogens is 4. The van der Waals surface area contributed by atoms with Crippen LogP contribution in [0.3, 0.4) is 0 Å². The Bertz CT molecular complexity index is 1900. The molecule has 0 bridgehead atoms. The van der Waals surface area contributed by atoms with Crippen LogP contribution in [0.15, 0.2) is 72.0 Å². The Labute approximate surface area is 321 Å². The maximum atomic E-state index is 13.5.